The first-order chi connectivity index (χ1) is 9.76. The van der Waals surface area contributed by atoms with Crippen LogP contribution in [0.4, 0.5) is 4.39 Å². The Bertz CT molecular complexity index is 523. The Kier molecular flexibility index (Phi) is 5.01. The summed E-state index contributed by atoms with van der Waals surface area (Å²) in [5.74, 6) is -0.577. The van der Waals surface area contributed by atoms with E-state index in [0.717, 1.165) is 0 Å². The molecule has 1 fully saturated rings. The molecule has 1 heterocycles. The van der Waals surface area contributed by atoms with Crippen molar-refractivity contribution in [3.63, 3.8) is 0 Å². The van der Waals surface area contributed by atoms with Crippen LogP contribution in [-0.2, 0) is 0 Å². The van der Waals surface area contributed by atoms with Crippen LogP contribution in [0.3, 0.4) is 0 Å². The van der Waals surface area contributed by atoms with Gasteiger partial charge in [-0.15, -0.1) is 0 Å². The predicted octanol–water partition coefficient (Wildman–Crippen LogP) is 2.12. The maximum absolute atomic E-state index is 13.3. The number of rotatable bonds is 3. The van der Waals surface area contributed by atoms with E-state index in [0.29, 0.717) is 42.8 Å². The fraction of sp³-hybridized carbons (Fsp3) is 0.533. The van der Waals surface area contributed by atoms with Crippen LogP contribution in [0.1, 0.15) is 24.2 Å². The smallest absolute Gasteiger partial charge is 0.255 e. The number of benzene rings is 1. The summed E-state index contributed by atoms with van der Waals surface area (Å²) < 4.78 is 13.9. The normalized spacial score (nSPS) is 17.1. The zero-order valence-corrected chi connectivity index (χ0v) is 13.9. The van der Waals surface area contributed by atoms with Gasteiger partial charge in [-0.05, 0) is 48.0 Å². The third kappa shape index (κ3) is 4.49. The quantitative estimate of drug-likeness (QED) is 0.899. The highest BCUT2D eigenvalue weighted by Gasteiger charge is 2.26. The van der Waals surface area contributed by atoms with Crippen molar-refractivity contribution in [3.8, 4) is 0 Å². The number of aliphatic hydroxyl groups is 1. The minimum absolute atomic E-state index is 0.163. The minimum atomic E-state index is -0.738. The van der Waals surface area contributed by atoms with Crippen molar-refractivity contribution in [1.82, 2.24) is 9.80 Å². The lowest BCUT2D eigenvalue weighted by molar-refractivity contribution is 0.0178. The van der Waals surface area contributed by atoms with Crippen molar-refractivity contribution in [2.45, 2.75) is 19.4 Å². The third-order valence-electron chi connectivity index (χ3n) is 3.43. The molecular formula is C15H20BrFN2O2. The number of β-amino-alcohol motifs (C(OH)–C–C–N with tert-alkyl or cyclic N) is 1. The van der Waals surface area contributed by atoms with Gasteiger partial charge in [0.1, 0.15) is 5.82 Å². The second kappa shape index (κ2) is 6.42. The summed E-state index contributed by atoms with van der Waals surface area (Å²) in [5, 5.41) is 9.82. The largest absolute Gasteiger partial charge is 0.389 e. The van der Waals surface area contributed by atoms with E-state index < -0.39 is 11.4 Å². The molecule has 1 aliphatic rings. The lowest BCUT2D eigenvalue weighted by atomic mass is 10.1. The molecule has 0 spiro atoms. The SMILES string of the molecule is CC(C)(O)CN1CCN(C(=O)c2cc(F)ccc2Br)CC1. The number of piperazine rings is 1. The third-order valence-corrected chi connectivity index (χ3v) is 4.12. The van der Waals surface area contributed by atoms with E-state index in [1.54, 1.807) is 24.8 Å². The zero-order valence-electron chi connectivity index (χ0n) is 12.3. The monoisotopic (exact) mass is 358 g/mol. The molecule has 0 aromatic heterocycles. The summed E-state index contributed by atoms with van der Waals surface area (Å²) in [4.78, 5) is 16.3. The number of carbonyl (C=O) groups is 1. The number of nitrogens with zero attached hydrogens (tertiary/aromatic N) is 2. The minimum Gasteiger partial charge on any atom is -0.389 e. The predicted molar refractivity (Wildman–Crippen MR) is 82.7 cm³/mol. The van der Waals surface area contributed by atoms with Crippen LogP contribution in [0, 0.1) is 5.82 Å². The van der Waals surface area contributed by atoms with Crippen LogP contribution in [0.25, 0.3) is 0 Å². The Morgan fingerprint density at radius 2 is 1.95 bits per heavy atom. The Morgan fingerprint density at radius 3 is 2.52 bits per heavy atom. The lowest BCUT2D eigenvalue weighted by Crippen LogP contribution is -2.52. The molecule has 1 aromatic rings. The average Bonchev–Trinajstić information content (AvgIpc) is 2.40. The molecule has 1 amide bonds. The van der Waals surface area contributed by atoms with E-state index in [-0.39, 0.29) is 5.91 Å². The van der Waals surface area contributed by atoms with Gasteiger partial charge in [0.2, 0.25) is 0 Å². The van der Waals surface area contributed by atoms with Gasteiger partial charge in [-0.2, -0.15) is 0 Å². The molecule has 1 N–H and O–H groups in total. The highest BCUT2D eigenvalue weighted by Crippen LogP contribution is 2.20. The van der Waals surface area contributed by atoms with Crippen LogP contribution >= 0.6 is 15.9 Å². The molecule has 0 bridgehead atoms. The summed E-state index contributed by atoms with van der Waals surface area (Å²) in [7, 11) is 0. The average molecular weight is 359 g/mol. The molecule has 0 atom stereocenters. The lowest BCUT2D eigenvalue weighted by Gasteiger charge is -2.37. The van der Waals surface area contributed by atoms with E-state index in [4.69, 9.17) is 0 Å². The maximum Gasteiger partial charge on any atom is 0.255 e. The van der Waals surface area contributed by atoms with Crippen molar-refractivity contribution < 1.29 is 14.3 Å². The Hall–Kier alpha value is -0.980. The first kappa shape index (κ1) is 16.4. The van der Waals surface area contributed by atoms with E-state index in [9.17, 15) is 14.3 Å². The second-order valence-corrected chi connectivity index (χ2v) is 6.86. The van der Waals surface area contributed by atoms with E-state index in [1.165, 1.54) is 12.1 Å². The number of amides is 1. The highest BCUT2D eigenvalue weighted by molar-refractivity contribution is 9.10. The maximum atomic E-state index is 13.3. The zero-order chi connectivity index (χ0) is 15.6. The molecule has 116 valence electrons. The molecule has 21 heavy (non-hydrogen) atoms. The first-order valence-electron chi connectivity index (χ1n) is 6.95. The summed E-state index contributed by atoms with van der Waals surface area (Å²) in [5.41, 5.74) is -0.386. The molecule has 0 radical (unpaired) electrons. The van der Waals surface area contributed by atoms with Gasteiger partial charge in [0.25, 0.3) is 5.91 Å². The van der Waals surface area contributed by atoms with E-state index in [2.05, 4.69) is 20.8 Å². The fourth-order valence-electron chi connectivity index (χ4n) is 2.49. The number of hydrogen-bond acceptors (Lipinski definition) is 3. The molecule has 2 rings (SSSR count). The van der Waals surface area contributed by atoms with Gasteiger partial charge in [-0.3, -0.25) is 9.69 Å². The van der Waals surface area contributed by atoms with Crippen LogP contribution in [-0.4, -0.2) is 59.1 Å². The molecule has 1 aromatic carbocycles. The topological polar surface area (TPSA) is 43.8 Å². The first-order valence-corrected chi connectivity index (χ1v) is 7.75. The fourth-order valence-corrected chi connectivity index (χ4v) is 2.90. The Balaban J connectivity index is 1.99. The standard InChI is InChI=1S/C15H20BrFN2O2/c1-15(2,21)10-18-5-7-19(8-6-18)14(20)12-9-11(17)3-4-13(12)16/h3-4,9,21H,5-8,10H2,1-2H3. The van der Waals surface area contributed by atoms with Crippen LogP contribution in [0.15, 0.2) is 22.7 Å². The van der Waals surface area contributed by atoms with Crippen LogP contribution < -0.4 is 0 Å². The highest BCUT2D eigenvalue weighted by atomic mass is 79.9. The van der Waals surface area contributed by atoms with Crippen molar-refractivity contribution in [3.05, 3.63) is 34.1 Å². The van der Waals surface area contributed by atoms with Gasteiger partial charge in [0.15, 0.2) is 0 Å². The number of carbonyl (C=O) groups excluding carboxylic acids is 1. The van der Waals surface area contributed by atoms with Crippen molar-refractivity contribution in [2.75, 3.05) is 32.7 Å². The molecule has 0 unspecified atom stereocenters. The van der Waals surface area contributed by atoms with Gasteiger partial charge >= 0.3 is 0 Å². The molecule has 0 saturated carbocycles. The summed E-state index contributed by atoms with van der Waals surface area (Å²) in [6, 6.07) is 4.13. The van der Waals surface area contributed by atoms with Crippen molar-refractivity contribution >= 4 is 21.8 Å². The van der Waals surface area contributed by atoms with Gasteiger partial charge in [-0.25, -0.2) is 4.39 Å². The summed E-state index contributed by atoms with van der Waals surface area (Å²) >= 11 is 3.29. The second-order valence-electron chi connectivity index (χ2n) is 6.00. The number of halogens is 2. The Labute approximate surface area is 132 Å². The van der Waals surface area contributed by atoms with Gasteiger partial charge < -0.3 is 10.0 Å². The molecule has 0 aliphatic carbocycles. The number of hydrogen-bond donors (Lipinski definition) is 1. The molecule has 4 nitrogen and oxygen atoms in total. The van der Waals surface area contributed by atoms with E-state index in [1.807, 2.05) is 0 Å². The van der Waals surface area contributed by atoms with Gasteiger partial charge in [0.05, 0.1) is 11.2 Å². The van der Waals surface area contributed by atoms with E-state index >= 15 is 0 Å². The summed E-state index contributed by atoms with van der Waals surface area (Å²) in [6.45, 7) is 6.71. The molecular weight excluding hydrogens is 339 g/mol. The van der Waals surface area contributed by atoms with Gasteiger partial charge in [-0.1, -0.05) is 0 Å². The molecule has 6 heteroatoms. The summed E-state index contributed by atoms with van der Waals surface area (Å²) in [6.07, 6.45) is 0. The van der Waals surface area contributed by atoms with Crippen molar-refractivity contribution in [1.29, 1.82) is 0 Å². The van der Waals surface area contributed by atoms with Crippen LogP contribution in [0.5, 0.6) is 0 Å². The van der Waals surface area contributed by atoms with Crippen molar-refractivity contribution in [2.24, 2.45) is 0 Å². The van der Waals surface area contributed by atoms with Crippen LogP contribution in [0.2, 0.25) is 0 Å². The van der Waals surface area contributed by atoms with Gasteiger partial charge in [0, 0.05) is 37.2 Å². The molecule has 1 aliphatic heterocycles. The molecule has 1 saturated heterocycles. The Morgan fingerprint density at radius 1 is 1.33 bits per heavy atom.